The molecule has 0 saturated carbocycles. The fraction of sp³-hybridized carbons (Fsp3) is 0.300. The molecule has 0 bridgehead atoms. The molecule has 0 radical (unpaired) electrons. The molecule has 15 heavy (non-hydrogen) atoms. The molecule has 2 N–H and O–H groups in total. The van der Waals surface area contributed by atoms with Crippen molar-refractivity contribution in [3.05, 3.63) is 30.3 Å². The molecule has 1 rings (SSSR count). The molecule has 0 amide bonds. The zero-order valence-electron chi connectivity index (χ0n) is 8.33. The first-order valence-corrected chi connectivity index (χ1v) is 6.38. The minimum atomic E-state index is -3.54. The van der Waals surface area contributed by atoms with Crippen LogP contribution in [0.15, 0.2) is 30.3 Å². The molecule has 0 aliphatic heterocycles. The van der Waals surface area contributed by atoms with Gasteiger partial charge in [-0.05, 0) is 12.1 Å². The molecule has 82 valence electrons. The Bertz CT molecular complexity index is 388. The number of carboxylic acid groups (broad SMARTS) is 1. The minimum Gasteiger partial charge on any atom is -0.481 e. The molecule has 0 spiro atoms. The van der Waals surface area contributed by atoms with Crippen molar-refractivity contribution < 1.29 is 19.4 Å². The van der Waals surface area contributed by atoms with Crippen molar-refractivity contribution in [3.8, 4) is 0 Å². The molecule has 0 aliphatic carbocycles. The van der Waals surface area contributed by atoms with E-state index in [9.17, 15) is 14.3 Å². The molecule has 4 nitrogen and oxygen atoms in total. The summed E-state index contributed by atoms with van der Waals surface area (Å²) in [6.45, 7) is 1.42. The summed E-state index contributed by atoms with van der Waals surface area (Å²) in [5, 5.41) is 8.96. The van der Waals surface area contributed by atoms with Crippen molar-refractivity contribution in [3.63, 3.8) is 0 Å². The molecular weight excluding hydrogens is 215 g/mol. The highest BCUT2D eigenvalue weighted by Crippen LogP contribution is 2.41. The summed E-state index contributed by atoms with van der Waals surface area (Å²) in [5.74, 6) is -1.87. The molecule has 0 saturated heterocycles. The maximum atomic E-state index is 11.8. The lowest BCUT2D eigenvalue weighted by Gasteiger charge is -2.13. The first-order chi connectivity index (χ1) is 6.93. The Morgan fingerprint density at radius 2 is 1.93 bits per heavy atom. The Kier molecular flexibility index (Phi) is 3.66. The average Bonchev–Trinajstić information content (AvgIpc) is 2.18. The van der Waals surface area contributed by atoms with Gasteiger partial charge in [0.2, 0.25) is 7.37 Å². The highest BCUT2D eigenvalue weighted by molar-refractivity contribution is 7.66. The van der Waals surface area contributed by atoms with Crippen molar-refractivity contribution >= 4 is 18.6 Å². The van der Waals surface area contributed by atoms with Crippen LogP contribution >= 0.6 is 7.37 Å². The highest BCUT2D eigenvalue weighted by atomic mass is 31.2. The third-order valence-electron chi connectivity index (χ3n) is 2.10. The quantitative estimate of drug-likeness (QED) is 0.762. The average molecular weight is 228 g/mol. The Hall–Kier alpha value is -1.12. The Morgan fingerprint density at radius 3 is 2.40 bits per heavy atom. The van der Waals surface area contributed by atoms with E-state index in [1.807, 2.05) is 0 Å². The van der Waals surface area contributed by atoms with Gasteiger partial charge in [-0.2, -0.15) is 0 Å². The molecule has 1 aromatic rings. The van der Waals surface area contributed by atoms with E-state index in [-0.39, 0.29) is 6.16 Å². The summed E-state index contributed by atoms with van der Waals surface area (Å²) >= 11 is 0. The van der Waals surface area contributed by atoms with Crippen molar-refractivity contribution in [1.29, 1.82) is 0 Å². The van der Waals surface area contributed by atoms with Crippen LogP contribution < -0.4 is 5.30 Å². The van der Waals surface area contributed by atoms with Gasteiger partial charge < -0.3 is 10.00 Å². The van der Waals surface area contributed by atoms with Gasteiger partial charge >= 0.3 is 5.97 Å². The van der Waals surface area contributed by atoms with Crippen LogP contribution in [0.5, 0.6) is 0 Å². The number of benzene rings is 1. The second-order valence-corrected chi connectivity index (χ2v) is 5.74. The van der Waals surface area contributed by atoms with Crippen LogP contribution in [-0.2, 0) is 9.36 Å². The van der Waals surface area contributed by atoms with E-state index in [2.05, 4.69) is 0 Å². The smallest absolute Gasteiger partial charge is 0.306 e. The maximum Gasteiger partial charge on any atom is 0.306 e. The number of hydrogen-bond donors (Lipinski definition) is 2. The van der Waals surface area contributed by atoms with E-state index >= 15 is 0 Å². The van der Waals surface area contributed by atoms with E-state index < -0.39 is 19.3 Å². The Balaban J connectivity index is 2.85. The number of hydrogen-bond acceptors (Lipinski definition) is 2. The largest absolute Gasteiger partial charge is 0.481 e. The van der Waals surface area contributed by atoms with E-state index in [1.165, 1.54) is 19.1 Å². The standard InChI is InChI=1S/C10H13O4P/c1-8(10(11)12)7-15(13,14)9-5-3-2-4-6-9/h2-6,8H,7H2,1H3,(H,11,12)(H,13,14). The topological polar surface area (TPSA) is 74.6 Å². The highest BCUT2D eigenvalue weighted by Gasteiger charge is 2.27. The van der Waals surface area contributed by atoms with Gasteiger partial charge in [0.1, 0.15) is 0 Å². The molecule has 0 fully saturated rings. The Morgan fingerprint density at radius 1 is 1.40 bits per heavy atom. The van der Waals surface area contributed by atoms with Crippen molar-refractivity contribution in [1.82, 2.24) is 0 Å². The molecule has 0 aromatic heterocycles. The summed E-state index contributed by atoms with van der Waals surface area (Å²) in [4.78, 5) is 20.3. The number of aliphatic carboxylic acids is 1. The first-order valence-electron chi connectivity index (χ1n) is 4.54. The molecule has 0 heterocycles. The zero-order chi connectivity index (χ0) is 11.5. The first kappa shape index (κ1) is 12.0. The zero-order valence-corrected chi connectivity index (χ0v) is 9.22. The molecular formula is C10H13O4P. The molecule has 0 aliphatic rings. The van der Waals surface area contributed by atoms with E-state index in [0.717, 1.165) is 0 Å². The molecule has 1 aromatic carbocycles. The van der Waals surface area contributed by atoms with E-state index in [1.54, 1.807) is 18.2 Å². The summed E-state index contributed by atoms with van der Waals surface area (Å²) in [6, 6.07) is 8.13. The van der Waals surface area contributed by atoms with Crippen LogP contribution in [0.25, 0.3) is 0 Å². The lowest BCUT2D eigenvalue weighted by Crippen LogP contribution is -2.18. The van der Waals surface area contributed by atoms with E-state index in [4.69, 9.17) is 5.11 Å². The van der Waals surface area contributed by atoms with Crippen LogP contribution in [0.2, 0.25) is 0 Å². The normalized spacial score (nSPS) is 16.7. The van der Waals surface area contributed by atoms with Gasteiger partial charge in [0.25, 0.3) is 0 Å². The van der Waals surface area contributed by atoms with Crippen LogP contribution in [0.1, 0.15) is 6.92 Å². The third-order valence-corrected chi connectivity index (χ3v) is 4.25. The lowest BCUT2D eigenvalue weighted by molar-refractivity contribution is -0.140. The van der Waals surface area contributed by atoms with Gasteiger partial charge in [-0.25, -0.2) is 0 Å². The van der Waals surface area contributed by atoms with Crippen molar-refractivity contribution in [2.75, 3.05) is 6.16 Å². The summed E-state index contributed by atoms with van der Waals surface area (Å²) in [7, 11) is -3.54. The lowest BCUT2D eigenvalue weighted by atomic mass is 10.2. The van der Waals surface area contributed by atoms with Gasteiger partial charge in [0.15, 0.2) is 0 Å². The summed E-state index contributed by atoms with van der Waals surface area (Å²) in [6.07, 6.45) is -0.230. The van der Waals surface area contributed by atoms with Crippen molar-refractivity contribution in [2.24, 2.45) is 5.92 Å². The van der Waals surface area contributed by atoms with Crippen LogP contribution in [0.3, 0.4) is 0 Å². The minimum absolute atomic E-state index is 0.230. The number of carboxylic acids is 1. The second-order valence-electron chi connectivity index (χ2n) is 3.46. The van der Waals surface area contributed by atoms with Gasteiger partial charge in [-0.3, -0.25) is 9.36 Å². The molecule has 5 heteroatoms. The molecule has 2 atom stereocenters. The fourth-order valence-electron chi connectivity index (χ4n) is 1.22. The maximum absolute atomic E-state index is 11.8. The Labute approximate surface area is 88.0 Å². The van der Waals surface area contributed by atoms with Gasteiger partial charge in [-0.1, -0.05) is 25.1 Å². The van der Waals surface area contributed by atoms with Gasteiger partial charge in [0, 0.05) is 11.5 Å². The number of rotatable bonds is 4. The predicted octanol–water partition coefficient (Wildman–Crippen LogP) is 1.30. The monoisotopic (exact) mass is 228 g/mol. The number of carbonyl (C=O) groups is 1. The third kappa shape index (κ3) is 3.18. The van der Waals surface area contributed by atoms with Crippen molar-refractivity contribution in [2.45, 2.75) is 6.92 Å². The second kappa shape index (κ2) is 4.60. The molecule has 2 unspecified atom stereocenters. The summed E-state index contributed by atoms with van der Waals surface area (Å²) < 4.78 is 11.8. The van der Waals surface area contributed by atoms with Crippen LogP contribution in [0.4, 0.5) is 0 Å². The predicted molar refractivity (Wildman–Crippen MR) is 57.6 cm³/mol. The fourth-order valence-corrected chi connectivity index (χ4v) is 2.96. The van der Waals surface area contributed by atoms with Crippen LogP contribution in [-0.4, -0.2) is 22.1 Å². The van der Waals surface area contributed by atoms with Crippen LogP contribution in [0, 0.1) is 5.92 Å². The SMILES string of the molecule is CC(CP(=O)(O)c1ccccc1)C(=O)O. The van der Waals surface area contributed by atoms with Gasteiger partial charge in [0.05, 0.1) is 5.92 Å². The van der Waals surface area contributed by atoms with Gasteiger partial charge in [-0.15, -0.1) is 0 Å². The van der Waals surface area contributed by atoms with E-state index in [0.29, 0.717) is 5.30 Å². The summed E-state index contributed by atoms with van der Waals surface area (Å²) in [5.41, 5.74) is 0.